The van der Waals surface area contributed by atoms with Gasteiger partial charge in [-0.15, -0.1) is 0 Å². The van der Waals surface area contributed by atoms with Gasteiger partial charge in [-0.1, -0.05) is 23.7 Å². The van der Waals surface area contributed by atoms with E-state index in [1.54, 1.807) is 12.1 Å². The first-order valence-corrected chi connectivity index (χ1v) is 10.3. The summed E-state index contributed by atoms with van der Waals surface area (Å²) in [7, 11) is 0. The maximum Gasteiger partial charge on any atom is 0.291 e. The monoisotopic (exact) mass is 444 g/mol. The quantitative estimate of drug-likeness (QED) is 0.570. The van der Waals surface area contributed by atoms with Crippen LogP contribution >= 0.6 is 11.6 Å². The Bertz CT molecular complexity index is 1050. The molecule has 2 aromatic carbocycles. The second kappa shape index (κ2) is 9.96. The standard InChI is InChI=1S/C23H22ClFN2O4/c24-20-13-17(25)4-6-21(20)30-15-19-5-7-22(31-19)23(28)26-18-3-1-2-16(12-18)14-27-8-10-29-11-9-27/h1-7,12-13H,8-11,14-15H2,(H,26,28). The van der Waals surface area contributed by atoms with Crippen molar-refractivity contribution in [3.05, 3.63) is 82.5 Å². The molecule has 0 unspecified atom stereocenters. The van der Waals surface area contributed by atoms with Crippen LogP contribution in [-0.2, 0) is 17.9 Å². The molecule has 1 aliphatic rings. The zero-order chi connectivity index (χ0) is 21.6. The summed E-state index contributed by atoms with van der Waals surface area (Å²) in [5.41, 5.74) is 1.81. The van der Waals surface area contributed by atoms with E-state index in [1.165, 1.54) is 18.2 Å². The summed E-state index contributed by atoms with van der Waals surface area (Å²) in [6.45, 7) is 4.16. The number of hydrogen-bond donors (Lipinski definition) is 1. The van der Waals surface area contributed by atoms with Gasteiger partial charge in [0, 0.05) is 25.3 Å². The van der Waals surface area contributed by atoms with Crippen LogP contribution in [0.2, 0.25) is 5.02 Å². The third kappa shape index (κ3) is 5.85. The molecule has 162 valence electrons. The first-order chi connectivity index (χ1) is 15.1. The molecule has 1 saturated heterocycles. The van der Waals surface area contributed by atoms with Crippen LogP contribution in [-0.4, -0.2) is 37.1 Å². The lowest BCUT2D eigenvalue weighted by atomic mass is 10.2. The molecule has 0 saturated carbocycles. The largest absolute Gasteiger partial charge is 0.484 e. The van der Waals surface area contributed by atoms with Gasteiger partial charge in [0.1, 0.15) is 23.9 Å². The summed E-state index contributed by atoms with van der Waals surface area (Å²) in [6.07, 6.45) is 0. The zero-order valence-corrected chi connectivity index (χ0v) is 17.5. The third-order valence-corrected chi connectivity index (χ3v) is 5.14. The number of carbonyl (C=O) groups excluding carboxylic acids is 1. The second-order valence-corrected chi connectivity index (χ2v) is 7.58. The van der Waals surface area contributed by atoms with Crippen LogP contribution in [0.4, 0.5) is 10.1 Å². The number of rotatable bonds is 7. The van der Waals surface area contributed by atoms with Crippen molar-refractivity contribution in [3.8, 4) is 5.75 Å². The molecule has 1 aromatic heterocycles. The Hall–Kier alpha value is -2.87. The number of anilines is 1. The highest BCUT2D eigenvalue weighted by Gasteiger charge is 2.14. The average molecular weight is 445 g/mol. The van der Waals surface area contributed by atoms with Gasteiger partial charge in [0.2, 0.25) is 0 Å². The number of ether oxygens (including phenoxy) is 2. The number of nitrogens with zero attached hydrogens (tertiary/aromatic N) is 1. The lowest BCUT2D eigenvalue weighted by Gasteiger charge is -2.26. The van der Waals surface area contributed by atoms with Gasteiger partial charge < -0.3 is 19.2 Å². The molecule has 0 radical (unpaired) electrons. The summed E-state index contributed by atoms with van der Waals surface area (Å²) in [5, 5.41) is 3.03. The normalized spacial score (nSPS) is 14.4. The van der Waals surface area contributed by atoms with Crippen molar-refractivity contribution < 1.29 is 23.1 Å². The molecule has 0 spiro atoms. The highest BCUT2D eigenvalue weighted by molar-refractivity contribution is 6.32. The Kier molecular flexibility index (Phi) is 6.86. The zero-order valence-electron chi connectivity index (χ0n) is 16.8. The summed E-state index contributed by atoms with van der Waals surface area (Å²) >= 11 is 5.95. The van der Waals surface area contributed by atoms with Gasteiger partial charge in [-0.2, -0.15) is 0 Å². The molecule has 1 amide bonds. The molecular formula is C23H22ClFN2O4. The van der Waals surface area contributed by atoms with Crippen molar-refractivity contribution in [3.63, 3.8) is 0 Å². The molecule has 0 atom stereocenters. The number of benzene rings is 2. The predicted molar refractivity (Wildman–Crippen MR) is 115 cm³/mol. The van der Waals surface area contributed by atoms with E-state index >= 15 is 0 Å². The molecule has 3 aromatic rings. The number of nitrogens with one attached hydrogen (secondary N) is 1. The molecule has 1 aliphatic heterocycles. The van der Waals surface area contributed by atoms with Crippen molar-refractivity contribution in [2.45, 2.75) is 13.2 Å². The first kappa shape index (κ1) is 21.4. The van der Waals surface area contributed by atoms with E-state index in [9.17, 15) is 9.18 Å². The molecule has 8 heteroatoms. The molecule has 6 nitrogen and oxygen atoms in total. The van der Waals surface area contributed by atoms with Gasteiger partial charge >= 0.3 is 0 Å². The van der Waals surface area contributed by atoms with Crippen LogP contribution in [0.1, 0.15) is 21.9 Å². The molecule has 1 N–H and O–H groups in total. The Morgan fingerprint density at radius 1 is 1.13 bits per heavy atom. The van der Waals surface area contributed by atoms with E-state index in [0.29, 0.717) is 17.2 Å². The Labute approximate surface area is 184 Å². The fraction of sp³-hybridized carbons (Fsp3) is 0.261. The van der Waals surface area contributed by atoms with Crippen molar-refractivity contribution in [1.29, 1.82) is 0 Å². The Balaban J connectivity index is 1.34. The number of morpholine rings is 1. The molecule has 0 bridgehead atoms. The van der Waals surface area contributed by atoms with Gasteiger partial charge in [-0.25, -0.2) is 4.39 Å². The maximum absolute atomic E-state index is 13.1. The number of hydrogen-bond acceptors (Lipinski definition) is 5. The maximum atomic E-state index is 13.1. The summed E-state index contributed by atoms with van der Waals surface area (Å²) in [4.78, 5) is 14.9. The summed E-state index contributed by atoms with van der Waals surface area (Å²) < 4.78 is 29.6. The van der Waals surface area contributed by atoms with E-state index in [1.807, 2.05) is 24.3 Å². The number of carbonyl (C=O) groups is 1. The van der Waals surface area contributed by atoms with Crippen molar-refractivity contribution in [2.75, 3.05) is 31.6 Å². The van der Waals surface area contributed by atoms with Gasteiger partial charge in [-0.3, -0.25) is 9.69 Å². The minimum atomic E-state index is -0.441. The molecule has 4 rings (SSSR count). The predicted octanol–water partition coefficient (Wildman–Crippen LogP) is 4.74. The number of halogens is 2. The van der Waals surface area contributed by atoms with Gasteiger partial charge in [0.25, 0.3) is 5.91 Å². The van der Waals surface area contributed by atoms with E-state index < -0.39 is 5.82 Å². The van der Waals surface area contributed by atoms with Crippen LogP contribution in [0.15, 0.2) is 59.0 Å². The topological polar surface area (TPSA) is 63.9 Å². The average Bonchev–Trinajstić information content (AvgIpc) is 3.23. The molecular weight excluding hydrogens is 423 g/mol. The van der Waals surface area contributed by atoms with Gasteiger partial charge in [0.05, 0.1) is 18.2 Å². The minimum Gasteiger partial charge on any atom is -0.484 e. The van der Waals surface area contributed by atoms with Crippen LogP contribution in [0, 0.1) is 5.82 Å². The van der Waals surface area contributed by atoms with Crippen LogP contribution in [0.5, 0.6) is 5.75 Å². The second-order valence-electron chi connectivity index (χ2n) is 7.17. The summed E-state index contributed by atoms with van der Waals surface area (Å²) in [5.74, 6) is 0.162. The number of furan rings is 1. The fourth-order valence-electron chi connectivity index (χ4n) is 3.28. The van der Waals surface area contributed by atoms with Crippen molar-refractivity contribution in [1.82, 2.24) is 4.90 Å². The lowest BCUT2D eigenvalue weighted by Crippen LogP contribution is -2.35. The highest BCUT2D eigenvalue weighted by atomic mass is 35.5. The summed E-state index contributed by atoms with van der Waals surface area (Å²) in [6, 6.07) is 14.9. The van der Waals surface area contributed by atoms with Crippen LogP contribution in [0.3, 0.4) is 0 Å². The molecule has 1 fully saturated rings. The van der Waals surface area contributed by atoms with Crippen LogP contribution in [0.25, 0.3) is 0 Å². The van der Waals surface area contributed by atoms with Crippen molar-refractivity contribution >= 4 is 23.2 Å². The fourth-order valence-corrected chi connectivity index (χ4v) is 3.50. The third-order valence-electron chi connectivity index (χ3n) is 4.84. The van der Waals surface area contributed by atoms with E-state index in [0.717, 1.165) is 38.4 Å². The Morgan fingerprint density at radius 2 is 1.97 bits per heavy atom. The first-order valence-electron chi connectivity index (χ1n) is 9.94. The SMILES string of the molecule is O=C(Nc1cccc(CN2CCOCC2)c1)c1ccc(COc2ccc(F)cc2Cl)o1. The molecule has 0 aliphatic carbocycles. The molecule has 31 heavy (non-hydrogen) atoms. The van der Waals surface area contributed by atoms with Gasteiger partial charge in [0.15, 0.2) is 5.76 Å². The number of amides is 1. The van der Waals surface area contributed by atoms with Crippen LogP contribution < -0.4 is 10.1 Å². The van der Waals surface area contributed by atoms with E-state index in [-0.39, 0.29) is 23.3 Å². The lowest BCUT2D eigenvalue weighted by molar-refractivity contribution is 0.0342. The minimum absolute atomic E-state index is 0.0632. The van der Waals surface area contributed by atoms with E-state index in [2.05, 4.69) is 10.2 Å². The molecule has 2 heterocycles. The van der Waals surface area contributed by atoms with Crippen molar-refractivity contribution in [2.24, 2.45) is 0 Å². The van der Waals surface area contributed by atoms with Gasteiger partial charge in [-0.05, 0) is 48.0 Å². The van der Waals surface area contributed by atoms with E-state index in [4.69, 9.17) is 25.5 Å². The highest BCUT2D eigenvalue weighted by Crippen LogP contribution is 2.26. The Morgan fingerprint density at radius 3 is 2.77 bits per heavy atom. The smallest absolute Gasteiger partial charge is 0.291 e.